The largest absolute Gasteiger partial charge is 0.478 e. The van der Waals surface area contributed by atoms with Crippen LogP contribution in [0.25, 0.3) is 0 Å². The van der Waals surface area contributed by atoms with E-state index in [1.54, 1.807) is 0 Å². The van der Waals surface area contributed by atoms with Gasteiger partial charge in [0.05, 0.1) is 16.7 Å². The number of carbonyl (C=O) groups excluding carboxylic acids is 2. The second-order valence-electron chi connectivity index (χ2n) is 2.71. The number of aromatic carboxylic acids is 1. The van der Waals surface area contributed by atoms with Crippen molar-refractivity contribution < 1.29 is 24.2 Å². The van der Waals surface area contributed by atoms with Crippen LogP contribution in [0.1, 0.15) is 31.1 Å². The molecule has 0 amide bonds. The van der Waals surface area contributed by atoms with E-state index < -0.39 is 17.9 Å². The molecule has 0 atom stereocenters. The molecule has 0 aromatic heterocycles. The Morgan fingerprint density at radius 1 is 1.20 bits per heavy atom. The van der Waals surface area contributed by atoms with E-state index in [0.29, 0.717) is 0 Å². The third-order valence-corrected chi connectivity index (χ3v) is 1.90. The van der Waals surface area contributed by atoms with Crippen LogP contribution >= 0.6 is 12.4 Å². The van der Waals surface area contributed by atoms with Gasteiger partial charge in [0, 0.05) is 0 Å². The van der Waals surface area contributed by atoms with Gasteiger partial charge in [0.2, 0.25) is 0 Å². The molecule has 5 nitrogen and oxygen atoms in total. The van der Waals surface area contributed by atoms with Crippen molar-refractivity contribution in [3.8, 4) is 0 Å². The number of cyclic esters (lactones) is 2. The Morgan fingerprint density at radius 3 is 2.47 bits per heavy atom. The van der Waals surface area contributed by atoms with Gasteiger partial charge in [-0.15, -0.1) is 12.4 Å². The second kappa shape index (κ2) is 3.70. The molecule has 0 aliphatic carbocycles. The molecule has 0 spiro atoms. The van der Waals surface area contributed by atoms with Crippen LogP contribution in [0.5, 0.6) is 0 Å². The fourth-order valence-corrected chi connectivity index (χ4v) is 1.31. The van der Waals surface area contributed by atoms with Gasteiger partial charge in [-0.05, 0) is 12.1 Å². The summed E-state index contributed by atoms with van der Waals surface area (Å²) in [5.74, 6) is -2.95. The van der Waals surface area contributed by atoms with Gasteiger partial charge >= 0.3 is 17.9 Å². The summed E-state index contributed by atoms with van der Waals surface area (Å²) >= 11 is 0. The molecule has 0 saturated heterocycles. The predicted octanol–water partition coefficient (Wildman–Crippen LogP) is 1.12. The molecule has 0 unspecified atom stereocenters. The Kier molecular flexibility index (Phi) is 2.76. The van der Waals surface area contributed by atoms with E-state index in [4.69, 9.17) is 5.11 Å². The van der Waals surface area contributed by atoms with E-state index in [0.717, 1.165) is 0 Å². The standard InChI is InChI=1S/C9H4O5.ClH/c10-7(11)4-2-1-3-5-6(4)9(13)14-8(5)12;/h1-3H,(H,10,11);1H. The highest BCUT2D eigenvalue weighted by atomic mass is 35.5. The lowest BCUT2D eigenvalue weighted by atomic mass is 10.0. The van der Waals surface area contributed by atoms with Crippen molar-refractivity contribution in [2.75, 3.05) is 0 Å². The summed E-state index contributed by atoms with van der Waals surface area (Å²) in [6.07, 6.45) is 0. The molecule has 1 aliphatic heterocycles. The molecule has 0 fully saturated rings. The summed E-state index contributed by atoms with van der Waals surface area (Å²) in [4.78, 5) is 32.8. The van der Waals surface area contributed by atoms with Crippen LogP contribution in [0.15, 0.2) is 18.2 Å². The minimum atomic E-state index is -1.26. The first kappa shape index (κ1) is 11.2. The van der Waals surface area contributed by atoms with Crippen molar-refractivity contribution in [1.29, 1.82) is 0 Å². The van der Waals surface area contributed by atoms with Crippen molar-refractivity contribution in [3.05, 3.63) is 34.9 Å². The van der Waals surface area contributed by atoms with Gasteiger partial charge in [0.15, 0.2) is 0 Å². The highest BCUT2D eigenvalue weighted by Crippen LogP contribution is 2.23. The highest BCUT2D eigenvalue weighted by Gasteiger charge is 2.33. The molecule has 78 valence electrons. The Hall–Kier alpha value is -1.88. The van der Waals surface area contributed by atoms with Crippen LogP contribution in [0.4, 0.5) is 0 Å². The van der Waals surface area contributed by atoms with Gasteiger partial charge in [-0.25, -0.2) is 14.4 Å². The highest BCUT2D eigenvalue weighted by molar-refractivity contribution is 6.18. The van der Waals surface area contributed by atoms with Crippen molar-refractivity contribution in [1.82, 2.24) is 0 Å². The van der Waals surface area contributed by atoms with Gasteiger partial charge in [-0.1, -0.05) is 6.07 Å². The van der Waals surface area contributed by atoms with Crippen molar-refractivity contribution in [2.45, 2.75) is 0 Å². The lowest BCUT2D eigenvalue weighted by Crippen LogP contribution is -2.05. The first-order valence-corrected chi connectivity index (χ1v) is 3.74. The fraction of sp³-hybridized carbons (Fsp3) is 0. The Bertz CT molecular complexity index is 466. The molecule has 6 heteroatoms. The number of carboxylic acid groups (broad SMARTS) is 1. The number of ether oxygens (including phenoxy) is 1. The smallest absolute Gasteiger partial charge is 0.347 e. The van der Waals surface area contributed by atoms with E-state index in [-0.39, 0.29) is 29.1 Å². The summed E-state index contributed by atoms with van der Waals surface area (Å²) < 4.78 is 4.28. The number of hydrogen-bond acceptors (Lipinski definition) is 4. The molecule has 0 bridgehead atoms. The first-order valence-electron chi connectivity index (χ1n) is 3.74. The van der Waals surface area contributed by atoms with E-state index in [1.807, 2.05) is 0 Å². The monoisotopic (exact) mass is 228 g/mol. The van der Waals surface area contributed by atoms with E-state index >= 15 is 0 Å². The average Bonchev–Trinajstić information content (AvgIpc) is 2.43. The quantitative estimate of drug-likeness (QED) is 0.575. The zero-order valence-electron chi connectivity index (χ0n) is 7.22. The lowest BCUT2D eigenvalue weighted by molar-refractivity contribution is 0.0439. The fourth-order valence-electron chi connectivity index (χ4n) is 1.31. The maximum absolute atomic E-state index is 11.1. The summed E-state index contributed by atoms with van der Waals surface area (Å²) in [7, 11) is 0. The normalized spacial score (nSPS) is 12.8. The maximum Gasteiger partial charge on any atom is 0.347 e. The van der Waals surface area contributed by atoms with E-state index in [1.165, 1.54) is 18.2 Å². The van der Waals surface area contributed by atoms with Crippen LogP contribution in [-0.2, 0) is 4.74 Å². The number of halogens is 1. The molecule has 1 aliphatic rings. The van der Waals surface area contributed by atoms with Crippen LogP contribution in [0.3, 0.4) is 0 Å². The van der Waals surface area contributed by atoms with Crippen LogP contribution < -0.4 is 0 Å². The molecule has 1 heterocycles. The number of benzene rings is 1. The van der Waals surface area contributed by atoms with E-state index in [2.05, 4.69) is 4.74 Å². The minimum absolute atomic E-state index is 0. The molecule has 2 rings (SSSR count). The minimum Gasteiger partial charge on any atom is -0.478 e. The molecule has 1 N–H and O–H groups in total. The second-order valence-corrected chi connectivity index (χ2v) is 2.71. The third kappa shape index (κ3) is 1.57. The number of fused-ring (bicyclic) bond motifs is 1. The zero-order valence-corrected chi connectivity index (χ0v) is 8.04. The van der Waals surface area contributed by atoms with Crippen molar-refractivity contribution in [2.24, 2.45) is 0 Å². The number of carbonyl (C=O) groups is 3. The zero-order chi connectivity index (χ0) is 10.3. The molecule has 1 aromatic carbocycles. The number of hydrogen-bond donors (Lipinski definition) is 1. The lowest BCUT2D eigenvalue weighted by Gasteiger charge is -1.97. The van der Waals surface area contributed by atoms with Gasteiger partial charge in [0.1, 0.15) is 0 Å². The predicted molar refractivity (Wildman–Crippen MR) is 50.4 cm³/mol. The summed E-state index contributed by atoms with van der Waals surface area (Å²) in [5.41, 5.74) is -0.363. The Balaban J connectivity index is 0.00000112. The molecule has 15 heavy (non-hydrogen) atoms. The van der Waals surface area contributed by atoms with Gasteiger partial charge in [-0.3, -0.25) is 0 Å². The van der Waals surface area contributed by atoms with Crippen LogP contribution in [0.2, 0.25) is 0 Å². The molecular formula is C9H5ClO5. The van der Waals surface area contributed by atoms with Gasteiger partial charge in [-0.2, -0.15) is 0 Å². The molecule has 0 radical (unpaired) electrons. The average molecular weight is 229 g/mol. The number of rotatable bonds is 1. The van der Waals surface area contributed by atoms with Gasteiger partial charge in [0.25, 0.3) is 0 Å². The first-order chi connectivity index (χ1) is 6.61. The molecular weight excluding hydrogens is 224 g/mol. The van der Waals surface area contributed by atoms with Crippen LogP contribution in [-0.4, -0.2) is 23.0 Å². The Labute approximate surface area is 90.1 Å². The summed E-state index contributed by atoms with van der Waals surface area (Å²) in [5, 5.41) is 8.73. The number of esters is 2. The van der Waals surface area contributed by atoms with Crippen LogP contribution in [0, 0.1) is 0 Å². The number of carboxylic acids is 1. The van der Waals surface area contributed by atoms with E-state index in [9.17, 15) is 14.4 Å². The van der Waals surface area contributed by atoms with Crippen molar-refractivity contribution in [3.63, 3.8) is 0 Å². The topological polar surface area (TPSA) is 80.7 Å². The SMILES string of the molecule is Cl.O=C(O)c1cccc2c1C(=O)OC2=O. The summed E-state index contributed by atoms with van der Waals surface area (Å²) in [6, 6.07) is 4.00. The molecule has 0 saturated carbocycles. The molecule has 1 aromatic rings. The van der Waals surface area contributed by atoms with Gasteiger partial charge < -0.3 is 9.84 Å². The summed E-state index contributed by atoms with van der Waals surface area (Å²) in [6.45, 7) is 0. The van der Waals surface area contributed by atoms with Crippen molar-refractivity contribution >= 4 is 30.3 Å². The third-order valence-electron chi connectivity index (χ3n) is 1.90. The Morgan fingerprint density at radius 2 is 1.87 bits per heavy atom. The maximum atomic E-state index is 11.1.